The van der Waals surface area contributed by atoms with E-state index in [4.69, 9.17) is 14.2 Å². The maximum Gasteiger partial charge on any atom is 0.265 e. The van der Waals surface area contributed by atoms with Crippen molar-refractivity contribution in [1.82, 2.24) is 0 Å². The fraction of sp³-hybridized carbons (Fsp3) is 0.0167. The molecule has 0 aliphatic carbocycles. The van der Waals surface area contributed by atoms with Gasteiger partial charge in [-0.25, -0.2) is 0 Å². The summed E-state index contributed by atoms with van der Waals surface area (Å²) in [6.07, 6.45) is 16.4. The summed E-state index contributed by atoms with van der Waals surface area (Å²) in [4.78, 5) is 13.3. The highest BCUT2D eigenvalue weighted by Gasteiger charge is 2.15. The second kappa shape index (κ2) is 21.2. The number of ether oxygens (including phenoxy) is 3. The van der Waals surface area contributed by atoms with Crippen LogP contribution in [0.3, 0.4) is 0 Å². The molecule has 0 radical (unpaired) electrons. The zero-order valence-electron chi connectivity index (χ0n) is 38.7. The number of benzene rings is 5. The van der Waals surface area contributed by atoms with Crippen LogP contribution in [-0.4, -0.2) is 12.6 Å². The third-order valence-corrected chi connectivity index (χ3v) is 13.4. The van der Waals surface area contributed by atoms with Crippen molar-refractivity contribution >= 4 is 40.0 Å². The minimum absolute atomic E-state index is 0.111. The largest absolute Gasteiger partial charge is 0.464 e. The molecule has 5 aromatic carbocycles. The van der Waals surface area contributed by atoms with Crippen molar-refractivity contribution in [3.8, 4) is 73.1 Å². The number of rotatable bonds is 16. The lowest BCUT2D eigenvalue weighted by Crippen LogP contribution is -2.29. The molecule has 11 rings (SSSR count). The van der Waals surface area contributed by atoms with E-state index in [1.807, 2.05) is 161 Å². The van der Waals surface area contributed by atoms with E-state index in [9.17, 15) is 4.79 Å². The van der Waals surface area contributed by atoms with Gasteiger partial charge < -0.3 is 24.8 Å². The molecule has 0 fully saturated rings. The molecule has 0 atom stereocenters. The monoisotopic (exact) mass is 978 g/mol. The zero-order valence-corrected chi connectivity index (χ0v) is 40.3. The maximum absolute atomic E-state index is 12.6. The molecule has 10 nitrogen and oxygen atoms in total. The summed E-state index contributed by atoms with van der Waals surface area (Å²) in [5, 5.41) is 11.1. The van der Waals surface area contributed by atoms with Crippen LogP contribution < -0.4 is 43.1 Å². The van der Waals surface area contributed by atoms with Crippen LogP contribution in [0, 0.1) is 0 Å². The predicted molar refractivity (Wildman–Crippen MR) is 282 cm³/mol. The first-order valence-corrected chi connectivity index (χ1v) is 25.0. The number of carbonyl (C=O) groups is 1. The first-order valence-electron chi connectivity index (χ1n) is 23.2. The average Bonchev–Trinajstić information content (AvgIpc) is 4.18. The van der Waals surface area contributed by atoms with Gasteiger partial charge >= 0.3 is 0 Å². The van der Waals surface area contributed by atoms with Gasteiger partial charge in [-0.15, -0.1) is 22.7 Å². The van der Waals surface area contributed by atoms with Gasteiger partial charge in [0.05, 0.1) is 17.0 Å². The van der Waals surface area contributed by atoms with Crippen LogP contribution >= 0.6 is 22.7 Å². The summed E-state index contributed by atoms with van der Waals surface area (Å²) >= 11 is 3.00. The lowest BCUT2D eigenvalue weighted by atomic mass is 10.1. The van der Waals surface area contributed by atoms with E-state index in [2.05, 4.69) is 122 Å². The summed E-state index contributed by atoms with van der Waals surface area (Å²) in [7, 11) is 0. The van der Waals surface area contributed by atoms with Crippen molar-refractivity contribution in [3.05, 3.63) is 259 Å². The van der Waals surface area contributed by atoms with E-state index in [1.54, 1.807) is 11.3 Å². The summed E-state index contributed by atoms with van der Waals surface area (Å²) in [6, 6.07) is 64.3. The van der Waals surface area contributed by atoms with Gasteiger partial charge in [0.2, 0.25) is 22.7 Å². The fourth-order valence-electron chi connectivity index (χ4n) is 8.11. The number of carbonyl (C=O) groups excluding carboxylic acids is 1. The number of nitrogens with one attached hydrogen (secondary N) is 2. The SMILES string of the molecule is O=C(Nc1cccc(-[n+]2ccc(-c3cc[n+](-c4cccc(Oc5cccc(Oc6cccc(-[n+]7ccc(-c8cc[n+](-c9cccc(NCOc%10cccs%10)c9)cc8)cc7)c6)c5)c4)cc3)cc2)c1)c1cccs1. The van der Waals surface area contributed by atoms with Gasteiger partial charge in [0, 0.05) is 102 Å². The van der Waals surface area contributed by atoms with E-state index in [0.29, 0.717) is 34.6 Å². The average molecular weight is 979 g/mol. The Morgan fingerprint density at radius 2 is 0.806 bits per heavy atom. The highest BCUT2D eigenvalue weighted by molar-refractivity contribution is 7.12. The molecule has 0 bridgehead atoms. The second-order valence-electron chi connectivity index (χ2n) is 16.6. The van der Waals surface area contributed by atoms with Crippen molar-refractivity contribution in [2.75, 3.05) is 17.4 Å². The molecule has 6 aromatic heterocycles. The van der Waals surface area contributed by atoms with Crippen molar-refractivity contribution in [2.24, 2.45) is 0 Å². The Kier molecular flexibility index (Phi) is 13.3. The minimum atomic E-state index is -0.111. The van der Waals surface area contributed by atoms with E-state index in [0.717, 1.165) is 61.4 Å². The molecule has 11 aromatic rings. The van der Waals surface area contributed by atoms with Gasteiger partial charge in [0.15, 0.2) is 61.4 Å². The van der Waals surface area contributed by atoms with Crippen molar-refractivity contribution < 1.29 is 37.3 Å². The van der Waals surface area contributed by atoms with Crippen LogP contribution in [0.1, 0.15) is 9.67 Å². The van der Waals surface area contributed by atoms with Crippen LogP contribution in [0.4, 0.5) is 11.4 Å². The predicted octanol–water partition coefficient (Wildman–Crippen LogP) is 12.5. The Morgan fingerprint density at radius 1 is 0.403 bits per heavy atom. The number of aromatic nitrogens is 4. The van der Waals surface area contributed by atoms with Crippen molar-refractivity contribution in [1.29, 1.82) is 0 Å². The standard InChI is InChI=1S/C60H45N6O4S2/c67-60(58-18-6-36-71-58)62-49-9-2-11-51(39-49)64-30-22-45(23-31-64)47-26-34-66(35-27-47)53-13-4-15-55(41-53)70-57-17-5-16-56(42-57)69-54-14-3-12-52(40-54)65-32-24-46(25-33-65)44-20-28-63(29-21-44)50-10-1-8-48(38-50)61-43-68-59-19-7-37-72-59/h1-42,61H,43H2/q+3/p+1. The molecule has 2 N–H and O–H groups in total. The molecule has 0 aliphatic rings. The Hall–Kier alpha value is -9.23. The number of pyridine rings is 4. The van der Waals surface area contributed by atoms with E-state index < -0.39 is 0 Å². The Balaban J connectivity index is 0.696. The van der Waals surface area contributed by atoms with Crippen molar-refractivity contribution in [3.63, 3.8) is 0 Å². The minimum Gasteiger partial charge on any atom is -0.464 e. The number of nitrogens with zero attached hydrogens (tertiary/aromatic N) is 4. The highest BCUT2D eigenvalue weighted by Crippen LogP contribution is 2.30. The number of hydrogen-bond donors (Lipinski definition) is 2. The summed E-state index contributed by atoms with van der Waals surface area (Å²) in [6.45, 7) is 0.400. The fourth-order valence-corrected chi connectivity index (χ4v) is 9.30. The van der Waals surface area contributed by atoms with Crippen molar-refractivity contribution in [2.45, 2.75) is 0 Å². The molecule has 12 heteroatoms. The Morgan fingerprint density at radius 3 is 1.26 bits per heavy atom. The Labute approximate surface area is 424 Å². The lowest BCUT2D eigenvalue weighted by molar-refractivity contribution is -0.596. The Bertz CT molecular complexity index is 3590. The number of amides is 1. The molecule has 0 unspecified atom stereocenters. The number of anilines is 2. The van der Waals surface area contributed by atoms with Gasteiger partial charge in [0.1, 0.15) is 23.0 Å². The first-order chi connectivity index (χ1) is 35.5. The second-order valence-corrected chi connectivity index (χ2v) is 18.4. The molecule has 0 saturated heterocycles. The third-order valence-electron chi connectivity index (χ3n) is 11.8. The molecular formula is C60H46N6O4S2+4. The molecular weight excluding hydrogens is 933 g/mol. The lowest BCUT2D eigenvalue weighted by Gasteiger charge is -2.10. The zero-order chi connectivity index (χ0) is 48.5. The highest BCUT2D eigenvalue weighted by atomic mass is 32.1. The van der Waals surface area contributed by atoms with Crippen LogP contribution in [0.15, 0.2) is 254 Å². The molecule has 348 valence electrons. The van der Waals surface area contributed by atoms with Gasteiger partial charge in [-0.2, -0.15) is 18.3 Å². The smallest absolute Gasteiger partial charge is 0.265 e. The molecule has 72 heavy (non-hydrogen) atoms. The molecule has 0 aliphatic heterocycles. The number of hydrogen-bond acceptors (Lipinski definition) is 7. The molecule has 1 amide bonds. The summed E-state index contributed by atoms with van der Waals surface area (Å²) in [5.41, 5.74) is 10.1. The van der Waals surface area contributed by atoms with Gasteiger partial charge in [-0.3, -0.25) is 4.79 Å². The van der Waals surface area contributed by atoms with Crippen LogP contribution in [0.5, 0.6) is 28.1 Å². The van der Waals surface area contributed by atoms with Crippen LogP contribution in [0.25, 0.3) is 45.0 Å². The quantitative estimate of drug-likeness (QED) is 0.0744. The van der Waals surface area contributed by atoms with Gasteiger partial charge in [-0.1, -0.05) is 36.4 Å². The number of thiophene rings is 2. The summed E-state index contributed by atoms with van der Waals surface area (Å²) < 4.78 is 26.8. The van der Waals surface area contributed by atoms with E-state index >= 15 is 0 Å². The molecule has 0 spiro atoms. The summed E-state index contributed by atoms with van der Waals surface area (Å²) in [5.74, 6) is 2.63. The normalized spacial score (nSPS) is 10.9. The van der Waals surface area contributed by atoms with Crippen LogP contribution in [-0.2, 0) is 0 Å². The van der Waals surface area contributed by atoms with Crippen LogP contribution in [0.2, 0.25) is 0 Å². The van der Waals surface area contributed by atoms with E-state index in [1.165, 1.54) is 11.3 Å². The molecule has 0 saturated carbocycles. The van der Waals surface area contributed by atoms with Gasteiger partial charge in [-0.05, 0) is 87.6 Å². The third kappa shape index (κ3) is 11.0. The maximum atomic E-state index is 12.6. The topological polar surface area (TPSA) is 84.3 Å². The van der Waals surface area contributed by atoms with Gasteiger partial charge in [0.25, 0.3) is 5.91 Å². The van der Waals surface area contributed by atoms with E-state index in [-0.39, 0.29) is 5.91 Å². The first kappa shape index (κ1) is 45.2. The molecule has 6 heterocycles.